The van der Waals surface area contributed by atoms with Gasteiger partial charge in [-0.15, -0.1) is 0 Å². The van der Waals surface area contributed by atoms with Gasteiger partial charge in [0.05, 0.1) is 23.1 Å². The van der Waals surface area contributed by atoms with Gasteiger partial charge in [0, 0.05) is 12.6 Å². The summed E-state index contributed by atoms with van der Waals surface area (Å²) in [5.74, 6) is -0.716. The number of nitro benzene ring substituents is 1. The first kappa shape index (κ1) is 14.4. The van der Waals surface area contributed by atoms with E-state index in [0.29, 0.717) is 0 Å². The van der Waals surface area contributed by atoms with E-state index in [1.54, 1.807) is 6.07 Å². The number of nitrogens with one attached hydrogen (secondary N) is 3. The number of nitrogens with zero attached hydrogens (tertiary/aromatic N) is 2. The normalized spacial score (nSPS) is 17.5. The van der Waals surface area contributed by atoms with Crippen LogP contribution < -0.4 is 16.0 Å². The van der Waals surface area contributed by atoms with Crippen LogP contribution in [0.15, 0.2) is 18.2 Å². The third-order valence-corrected chi connectivity index (χ3v) is 2.91. The second-order valence-electron chi connectivity index (χ2n) is 4.33. The fourth-order valence-corrected chi connectivity index (χ4v) is 1.83. The first-order valence-corrected chi connectivity index (χ1v) is 6.00. The van der Waals surface area contributed by atoms with Crippen LogP contribution in [-0.2, 0) is 9.59 Å². The number of carbonyl (C=O) groups excluding carboxylic acids is 2. The van der Waals surface area contributed by atoms with Gasteiger partial charge in [-0.25, -0.2) is 0 Å². The van der Waals surface area contributed by atoms with E-state index in [1.165, 1.54) is 12.1 Å². The molecule has 1 heterocycles. The summed E-state index contributed by atoms with van der Waals surface area (Å²) in [6, 6.07) is 4.89. The van der Waals surface area contributed by atoms with E-state index in [4.69, 9.17) is 5.26 Å². The van der Waals surface area contributed by atoms with E-state index in [-0.39, 0.29) is 35.9 Å². The van der Waals surface area contributed by atoms with Crippen LogP contribution in [0.2, 0.25) is 0 Å². The maximum atomic E-state index is 12.0. The standard InChI is InChI=1S/C12H11N5O4/c13-4-7-1-2-8(10(3-7)17(20)21)16-12(19)9-5-15-11(18)6-14-9/h1-3,9,14H,5-6H2,(H,15,18)(H,16,19). The van der Waals surface area contributed by atoms with Crippen LogP contribution in [0.3, 0.4) is 0 Å². The van der Waals surface area contributed by atoms with Gasteiger partial charge in [-0.1, -0.05) is 0 Å². The zero-order valence-electron chi connectivity index (χ0n) is 10.8. The lowest BCUT2D eigenvalue weighted by Gasteiger charge is -2.23. The van der Waals surface area contributed by atoms with Crippen LogP contribution >= 0.6 is 0 Å². The van der Waals surface area contributed by atoms with Crippen molar-refractivity contribution in [3.8, 4) is 6.07 Å². The van der Waals surface area contributed by atoms with E-state index in [0.717, 1.165) is 6.07 Å². The van der Waals surface area contributed by atoms with Gasteiger partial charge in [-0.05, 0) is 12.1 Å². The number of anilines is 1. The maximum absolute atomic E-state index is 12.0. The summed E-state index contributed by atoms with van der Waals surface area (Å²) >= 11 is 0. The zero-order chi connectivity index (χ0) is 15.4. The Bertz CT molecular complexity index is 642. The molecule has 0 aromatic heterocycles. The highest BCUT2D eigenvalue weighted by molar-refractivity contribution is 5.98. The van der Waals surface area contributed by atoms with Crippen molar-refractivity contribution >= 4 is 23.2 Å². The van der Waals surface area contributed by atoms with Crippen molar-refractivity contribution in [3.63, 3.8) is 0 Å². The average molecular weight is 289 g/mol. The molecule has 0 bridgehead atoms. The van der Waals surface area contributed by atoms with Crippen molar-refractivity contribution in [2.75, 3.05) is 18.4 Å². The third kappa shape index (κ3) is 3.31. The summed E-state index contributed by atoms with van der Waals surface area (Å²) in [5.41, 5.74) is -0.229. The van der Waals surface area contributed by atoms with Gasteiger partial charge in [0.25, 0.3) is 5.69 Å². The van der Waals surface area contributed by atoms with Gasteiger partial charge in [-0.2, -0.15) is 5.26 Å². The number of hydrogen-bond donors (Lipinski definition) is 3. The molecule has 1 fully saturated rings. The highest BCUT2D eigenvalue weighted by atomic mass is 16.6. The molecule has 1 aromatic rings. The Morgan fingerprint density at radius 2 is 2.29 bits per heavy atom. The Hall–Kier alpha value is -2.99. The molecule has 1 unspecified atom stereocenters. The van der Waals surface area contributed by atoms with Crippen LogP contribution in [0.5, 0.6) is 0 Å². The fourth-order valence-electron chi connectivity index (χ4n) is 1.83. The molecule has 9 nitrogen and oxygen atoms in total. The summed E-state index contributed by atoms with van der Waals surface area (Å²) < 4.78 is 0. The highest BCUT2D eigenvalue weighted by Gasteiger charge is 2.25. The Balaban J connectivity index is 2.15. The monoisotopic (exact) mass is 289 g/mol. The third-order valence-electron chi connectivity index (χ3n) is 2.91. The van der Waals surface area contributed by atoms with E-state index < -0.39 is 16.9 Å². The first-order chi connectivity index (χ1) is 10.0. The van der Waals surface area contributed by atoms with Gasteiger partial charge in [0.15, 0.2) is 0 Å². The molecular weight excluding hydrogens is 278 g/mol. The minimum Gasteiger partial charge on any atom is -0.353 e. The highest BCUT2D eigenvalue weighted by Crippen LogP contribution is 2.25. The molecule has 108 valence electrons. The topological polar surface area (TPSA) is 137 Å². The lowest BCUT2D eigenvalue weighted by atomic mass is 10.1. The van der Waals surface area contributed by atoms with Gasteiger partial charge in [0.2, 0.25) is 11.8 Å². The van der Waals surface area contributed by atoms with Crippen LogP contribution in [-0.4, -0.2) is 35.9 Å². The molecule has 0 spiro atoms. The van der Waals surface area contributed by atoms with Crippen molar-refractivity contribution in [2.45, 2.75) is 6.04 Å². The molecule has 1 saturated heterocycles. The number of amides is 2. The lowest BCUT2D eigenvalue weighted by molar-refractivity contribution is -0.384. The Labute approximate surface area is 119 Å². The number of rotatable bonds is 3. The van der Waals surface area contributed by atoms with Crippen molar-refractivity contribution in [3.05, 3.63) is 33.9 Å². The number of piperazine rings is 1. The first-order valence-electron chi connectivity index (χ1n) is 6.00. The molecule has 0 radical (unpaired) electrons. The Kier molecular flexibility index (Phi) is 4.10. The molecule has 21 heavy (non-hydrogen) atoms. The van der Waals surface area contributed by atoms with Gasteiger partial charge in [-0.3, -0.25) is 25.0 Å². The summed E-state index contributed by atoms with van der Waals surface area (Å²) in [5, 5.41) is 27.4. The molecule has 1 aliphatic heterocycles. The van der Waals surface area contributed by atoms with Gasteiger partial charge < -0.3 is 10.6 Å². The number of hydrogen-bond acceptors (Lipinski definition) is 6. The molecule has 9 heteroatoms. The largest absolute Gasteiger partial charge is 0.353 e. The number of nitriles is 1. The molecule has 3 N–H and O–H groups in total. The number of carbonyl (C=O) groups is 2. The minimum atomic E-state index is -0.674. The average Bonchev–Trinajstić information content (AvgIpc) is 2.48. The molecule has 1 aromatic carbocycles. The maximum Gasteiger partial charge on any atom is 0.294 e. The lowest BCUT2D eigenvalue weighted by Crippen LogP contribution is -2.56. The summed E-state index contributed by atoms with van der Waals surface area (Å²) in [7, 11) is 0. The predicted octanol–water partition coefficient (Wildman–Crippen LogP) is -0.507. The van der Waals surface area contributed by atoms with Crippen molar-refractivity contribution in [2.24, 2.45) is 0 Å². The predicted molar refractivity (Wildman–Crippen MR) is 71.2 cm³/mol. The quantitative estimate of drug-likeness (QED) is 0.506. The minimum absolute atomic E-state index is 0.00250. The molecular formula is C12H11N5O4. The molecule has 1 atom stereocenters. The fraction of sp³-hybridized carbons (Fsp3) is 0.250. The number of benzene rings is 1. The second kappa shape index (κ2) is 5.98. The summed E-state index contributed by atoms with van der Waals surface area (Å²) in [4.78, 5) is 33.3. The van der Waals surface area contributed by atoms with Crippen molar-refractivity contribution < 1.29 is 14.5 Å². The van der Waals surface area contributed by atoms with E-state index in [2.05, 4.69) is 16.0 Å². The molecule has 2 amide bonds. The smallest absolute Gasteiger partial charge is 0.294 e. The van der Waals surface area contributed by atoms with Gasteiger partial charge in [0.1, 0.15) is 11.7 Å². The SMILES string of the molecule is N#Cc1ccc(NC(=O)C2CNC(=O)CN2)c([N+](=O)[O-])c1. The molecule has 0 saturated carbocycles. The molecule has 1 aliphatic rings. The van der Waals surface area contributed by atoms with Crippen molar-refractivity contribution in [1.82, 2.24) is 10.6 Å². The Morgan fingerprint density at radius 1 is 1.52 bits per heavy atom. The summed E-state index contributed by atoms with van der Waals surface area (Å²) in [6.45, 7) is 0.113. The van der Waals surface area contributed by atoms with Crippen LogP contribution in [0.1, 0.15) is 5.56 Å². The van der Waals surface area contributed by atoms with Crippen molar-refractivity contribution in [1.29, 1.82) is 5.26 Å². The number of nitro groups is 1. The van der Waals surface area contributed by atoms with Crippen LogP contribution in [0, 0.1) is 21.4 Å². The van der Waals surface area contributed by atoms with E-state index in [9.17, 15) is 19.7 Å². The summed E-state index contributed by atoms with van der Waals surface area (Å²) in [6.07, 6.45) is 0. The van der Waals surface area contributed by atoms with E-state index >= 15 is 0 Å². The zero-order valence-corrected chi connectivity index (χ0v) is 10.8. The Morgan fingerprint density at radius 3 is 2.86 bits per heavy atom. The van der Waals surface area contributed by atoms with Gasteiger partial charge >= 0.3 is 0 Å². The molecule has 2 rings (SSSR count). The van der Waals surface area contributed by atoms with Crippen LogP contribution in [0.4, 0.5) is 11.4 Å². The van der Waals surface area contributed by atoms with E-state index in [1.807, 2.05) is 0 Å². The second-order valence-corrected chi connectivity index (χ2v) is 4.33. The molecule has 0 aliphatic carbocycles. The van der Waals surface area contributed by atoms with Crippen LogP contribution in [0.25, 0.3) is 0 Å².